The topological polar surface area (TPSA) is 89.8 Å². The summed E-state index contributed by atoms with van der Waals surface area (Å²) in [5.74, 6) is -0.152. The number of aliphatic hydroxyl groups is 3. The molecule has 3 unspecified atom stereocenters. The van der Waals surface area contributed by atoms with Crippen molar-refractivity contribution in [3.63, 3.8) is 0 Å². The number of hydrogen-bond donors (Lipinski definition) is 4. The maximum Gasteiger partial charge on any atom is 0.220 e. The summed E-state index contributed by atoms with van der Waals surface area (Å²) in [5.41, 5.74) is 0. The molecule has 0 saturated carbocycles. The zero-order valence-corrected chi connectivity index (χ0v) is 31.0. The number of rotatable bonds is 37. The Labute approximate surface area is 287 Å². The van der Waals surface area contributed by atoms with Crippen molar-refractivity contribution in [2.45, 2.75) is 238 Å². The number of carbonyl (C=O) groups excluding carboxylic acids is 1. The molecule has 0 aliphatic rings. The van der Waals surface area contributed by atoms with Crippen LogP contribution in [0.25, 0.3) is 0 Å². The number of amides is 1. The molecule has 3 atom stereocenters. The smallest absolute Gasteiger partial charge is 0.220 e. The Morgan fingerprint density at radius 3 is 1.26 bits per heavy atom. The summed E-state index contributed by atoms with van der Waals surface area (Å²) in [5, 5.41) is 33.4. The molecule has 274 valence electrons. The van der Waals surface area contributed by atoms with E-state index in [1.807, 2.05) is 0 Å². The van der Waals surface area contributed by atoms with Gasteiger partial charge < -0.3 is 20.6 Å². The van der Waals surface area contributed by atoms with Crippen LogP contribution in [0.15, 0.2) is 12.2 Å². The molecule has 5 heteroatoms. The van der Waals surface area contributed by atoms with E-state index in [1.165, 1.54) is 154 Å². The minimum absolute atomic E-state index is 0.152. The van der Waals surface area contributed by atoms with Crippen molar-refractivity contribution in [1.29, 1.82) is 0 Å². The predicted octanol–water partition coefficient (Wildman–Crippen LogP) is 11.3. The number of unbranched alkanes of at least 4 members (excludes halogenated alkanes) is 27. The molecule has 0 saturated heterocycles. The Kier molecular flexibility index (Phi) is 36.2. The van der Waals surface area contributed by atoms with E-state index in [-0.39, 0.29) is 12.5 Å². The van der Waals surface area contributed by atoms with Crippen molar-refractivity contribution >= 4 is 5.91 Å². The number of aliphatic hydroxyl groups excluding tert-OH is 3. The number of carbonyl (C=O) groups is 1. The summed E-state index contributed by atoms with van der Waals surface area (Å²) < 4.78 is 0. The Bertz CT molecular complexity index is 640. The van der Waals surface area contributed by atoms with Crippen molar-refractivity contribution in [2.24, 2.45) is 0 Å². The molecular weight excluding hydrogens is 570 g/mol. The molecule has 0 aromatic heterocycles. The molecule has 0 aliphatic heterocycles. The highest BCUT2D eigenvalue weighted by Gasteiger charge is 2.26. The van der Waals surface area contributed by atoms with Gasteiger partial charge in [0.1, 0.15) is 6.10 Å². The van der Waals surface area contributed by atoms with Crippen LogP contribution in [0.1, 0.15) is 219 Å². The number of nitrogens with one attached hydrogen (secondary N) is 1. The van der Waals surface area contributed by atoms with E-state index in [1.54, 1.807) is 0 Å². The summed E-state index contributed by atoms with van der Waals surface area (Å²) in [6.07, 6.45) is 41.7. The highest BCUT2D eigenvalue weighted by Crippen LogP contribution is 2.16. The highest BCUT2D eigenvalue weighted by molar-refractivity contribution is 5.76. The molecule has 4 N–H and O–H groups in total. The van der Waals surface area contributed by atoms with Gasteiger partial charge in [-0.25, -0.2) is 0 Å². The van der Waals surface area contributed by atoms with Crippen molar-refractivity contribution < 1.29 is 20.1 Å². The molecule has 0 aromatic rings. The van der Waals surface area contributed by atoms with Gasteiger partial charge in [0.2, 0.25) is 5.91 Å². The van der Waals surface area contributed by atoms with Crippen molar-refractivity contribution in [1.82, 2.24) is 5.32 Å². The van der Waals surface area contributed by atoms with E-state index >= 15 is 0 Å². The Balaban J connectivity index is 3.62. The van der Waals surface area contributed by atoms with Gasteiger partial charge in [0.15, 0.2) is 0 Å². The number of hydrogen-bond acceptors (Lipinski definition) is 4. The minimum atomic E-state index is -1.15. The zero-order chi connectivity index (χ0) is 33.8. The first kappa shape index (κ1) is 45.1. The molecule has 46 heavy (non-hydrogen) atoms. The molecule has 0 fully saturated rings. The summed E-state index contributed by atoms with van der Waals surface area (Å²) in [6, 6.07) is -0.819. The molecule has 0 heterocycles. The molecule has 5 nitrogen and oxygen atoms in total. The van der Waals surface area contributed by atoms with Crippen LogP contribution in [0, 0.1) is 0 Å². The standard InChI is InChI=1S/C41H81NO4/c1-3-5-7-9-11-13-15-17-18-19-20-21-22-23-24-26-28-30-32-34-36-40(45)42-38(37-43)41(46)39(44)35-33-31-29-27-25-16-14-12-10-8-6-4-2/h27,29,38-39,41,43-44,46H,3-26,28,30-37H2,1-2H3,(H,42,45)/b29-27+. The van der Waals surface area contributed by atoms with Gasteiger partial charge in [0.25, 0.3) is 0 Å². The normalized spacial score (nSPS) is 13.8. The zero-order valence-electron chi connectivity index (χ0n) is 31.0. The summed E-state index contributed by atoms with van der Waals surface area (Å²) in [6.45, 7) is 4.16. The first-order chi connectivity index (χ1) is 22.6. The van der Waals surface area contributed by atoms with Crippen molar-refractivity contribution in [3.8, 4) is 0 Å². The van der Waals surface area contributed by atoms with Gasteiger partial charge in [0, 0.05) is 6.42 Å². The average Bonchev–Trinajstić information content (AvgIpc) is 3.06. The van der Waals surface area contributed by atoms with Crippen LogP contribution in [0.5, 0.6) is 0 Å². The largest absolute Gasteiger partial charge is 0.394 e. The monoisotopic (exact) mass is 652 g/mol. The maximum absolute atomic E-state index is 12.4. The quantitative estimate of drug-likeness (QED) is 0.0397. The summed E-state index contributed by atoms with van der Waals surface area (Å²) in [7, 11) is 0. The van der Waals surface area contributed by atoms with Crippen LogP contribution in [-0.4, -0.2) is 46.1 Å². The van der Waals surface area contributed by atoms with Crippen LogP contribution in [0.3, 0.4) is 0 Å². The number of allylic oxidation sites excluding steroid dienone is 2. The average molecular weight is 652 g/mol. The lowest BCUT2D eigenvalue weighted by Crippen LogP contribution is -2.50. The molecule has 0 radical (unpaired) electrons. The van der Waals surface area contributed by atoms with Crippen LogP contribution in [0.2, 0.25) is 0 Å². The first-order valence-corrected chi connectivity index (χ1v) is 20.5. The Hall–Kier alpha value is -0.910. The lowest BCUT2D eigenvalue weighted by molar-refractivity contribution is -0.124. The van der Waals surface area contributed by atoms with Gasteiger partial charge in [-0.15, -0.1) is 0 Å². The third kappa shape index (κ3) is 31.7. The molecule has 0 rings (SSSR count). The van der Waals surface area contributed by atoms with E-state index in [2.05, 4.69) is 31.3 Å². The molecule has 0 spiro atoms. The summed E-state index contributed by atoms with van der Waals surface area (Å²) in [4.78, 5) is 12.4. The van der Waals surface area contributed by atoms with E-state index in [0.717, 1.165) is 38.5 Å². The second-order valence-corrected chi connectivity index (χ2v) is 14.2. The van der Waals surface area contributed by atoms with E-state index in [9.17, 15) is 20.1 Å². The SMILES string of the molecule is CCCCCCCCC/C=C/CCCC(O)C(O)C(CO)NC(=O)CCCCCCCCCCCCCCCCCCCCCC. The van der Waals surface area contributed by atoms with Crippen LogP contribution < -0.4 is 5.32 Å². The fourth-order valence-corrected chi connectivity index (χ4v) is 6.40. The van der Waals surface area contributed by atoms with Gasteiger partial charge in [-0.2, -0.15) is 0 Å². The Morgan fingerprint density at radius 2 is 0.870 bits per heavy atom. The minimum Gasteiger partial charge on any atom is -0.394 e. The van der Waals surface area contributed by atoms with E-state index < -0.39 is 18.2 Å². The van der Waals surface area contributed by atoms with Crippen molar-refractivity contribution in [2.75, 3.05) is 6.61 Å². The highest BCUT2D eigenvalue weighted by atomic mass is 16.3. The predicted molar refractivity (Wildman–Crippen MR) is 199 cm³/mol. The van der Waals surface area contributed by atoms with Gasteiger partial charge in [-0.1, -0.05) is 187 Å². The van der Waals surface area contributed by atoms with Gasteiger partial charge in [0.05, 0.1) is 18.8 Å². The molecule has 0 aromatic carbocycles. The second kappa shape index (κ2) is 36.9. The summed E-state index contributed by atoms with van der Waals surface area (Å²) >= 11 is 0. The third-order valence-electron chi connectivity index (χ3n) is 9.62. The van der Waals surface area contributed by atoms with Crippen LogP contribution in [-0.2, 0) is 4.79 Å². The molecule has 1 amide bonds. The van der Waals surface area contributed by atoms with Crippen LogP contribution >= 0.6 is 0 Å². The van der Waals surface area contributed by atoms with E-state index in [4.69, 9.17) is 0 Å². The van der Waals surface area contributed by atoms with Gasteiger partial charge >= 0.3 is 0 Å². The lowest BCUT2D eigenvalue weighted by Gasteiger charge is -2.26. The molecule has 0 aliphatic carbocycles. The van der Waals surface area contributed by atoms with E-state index in [0.29, 0.717) is 12.8 Å². The molecular formula is C41H81NO4. The Morgan fingerprint density at radius 1 is 0.522 bits per heavy atom. The third-order valence-corrected chi connectivity index (χ3v) is 9.62. The molecule has 0 bridgehead atoms. The van der Waals surface area contributed by atoms with Crippen LogP contribution in [0.4, 0.5) is 0 Å². The van der Waals surface area contributed by atoms with Gasteiger partial charge in [-0.3, -0.25) is 4.79 Å². The maximum atomic E-state index is 12.4. The fourth-order valence-electron chi connectivity index (χ4n) is 6.40. The van der Waals surface area contributed by atoms with Crippen molar-refractivity contribution in [3.05, 3.63) is 12.2 Å². The second-order valence-electron chi connectivity index (χ2n) is 14.2. The van der Waals surface area contributed by atoms with Gasteiger partial charge in [-0.05, 0) is 38.5 Å². The fraction of sp³-hybridized carbons (Fsp3) is 0.927. The lowest BCUT2D eigenvalue weighted by atomic mass is 10.0. The first-order valence-electron chi connectivity index (χ1n) is 20.5.